The summed E-state index contributed by atoms with van der Waals surface area (Å²) in [6.45, 7) is 11.5. The maximum atomic E-state index is 5.51. The Labute approximate surface area is 165 Å². The third-order valence-corrected chi connectivity index (χ3v) is 5.83. The summed E-state index contributed by atoms with van der Waals surface area (Å²) in [6, 6.07) is 8.22. The van der Waals surface area contributed by atoms with Crippen molar-refractivity contribution in [3.05, 3.63) is 39.8 Å². The molecule has 1 fully saturated rings. The van der Waals surface area contributed by atoms with Crippen LogP contribution in [-0.2, 0) is 6.54 Å². The van der Waals surface area contributed by atoms with Gasteiger partial charge in [0.25, 0.3) is 0 Å². The van der Waals surface area contributed by atoms with Crippen LogP contribution in [0.3, 0.4) is 0 Å². The van der Waals surface area contributed by atoms with Crippen LogP contribution in [0, 0.1) is 13.8 Å². The molecule has 0 atom stereocenters. The van der Waals surface area contributed by atoms with Crippen molar-refractivity contribution in [1.82, 2.24) is 15.2 Å². The van der Waals surface area contributed by atoms with E-state index >= 15 is 0 Å². The monoisotopic (exact) mass is 387 g/mol. The molecule has 3 rings (SSSR count). The van der Waals surface area contributed by atoms with Crippen molar-refractivity contribution in [2.45, 2.75) is 27.3 Å². The van der Waals surface area contributed by atoms with Crippen LogP contribution in [0.2, 0.25) is 0 Å². The smallest absolute Gasteiger partial charge is 0.194 e. The van der Waals surface area contributed by atoms with Crippen LogP contribution in [0.5, 0.6) is 5.75 Å². The average molecular weight is 388 g/mol. The van der Waals surface area contributed by atoms with E-state index in [-0.39, 0.29) is 0 Å². The standard InChI is InChI=1S/C20H29N5OS/c1-5-21-20(22-14-19-23-15(2)16(3)27-19)25-12-10-24(11-13-25)17-8-6-7-9-18(17)26-4/h6-9H,5,10-14H2,1-4H3,(H,21,22). The SMILES string of the molecule is CCNC(=NCc1nc(C)c(C)s1)N1CCN(c2ccccc2OC)CC1. The molecule has 27 heavy (non-hydrogen) atoms. The molecule has 1 aromatic carbocycles. The van der Waals surface area contributed by atoms with E-state index in [2.05, 4.69) is 53.0 Å². The largest absolute Gasteiger partial charge is 0.495 e. The number of hydrogen-bond donors (Lipinski definition) is 1. The number of guanidine groups is 1. The van der Waals surface area contributed by atoms with Gasteiger partial charge in [0.2, 0.25) is 0 Å². The summed E-state index contributed by atoms with van der Waals surface area (Å²) in [5.74, 6) is 1.91. The summed E-state index contributed by atoms with van der Waals surface area (Å²) in [5, 5.41) is 4.51. The van der Waals surface area contributed by atoms with Crippen molar-refractivity contribution in [2.24, 2.45) is 4.99 Å². The molecule has 0 amide bonds. The molecule has 1 saturated heterocycles. The number of benzene rings is 1. The summed E-state index contributed by atoms with van der Waals surface area (Å²) in [5.41, 5.74) is 2.27. The first kappa shape index (κ1) is 19.5. The molecule has 2 aromatic rings. The van der Waals surface area contributed by atoms with E-state index in [0.717, 1.165) is 60.8 Å². The fourth-order valence-corrected chi connectivity index (χ4v) is 4.08. The molecule has 0 radical (unpaired) electrons. The lowest BCUT2D eigenvalue weighted by Crippen LogP contribution is -2.52. The molecule has 146 valence electrons. The number of thiazole rings is 1. The maximum absolute atomic E-state index is 5.51. The third-order valence-electron chi connectivity index (χ3n) is 4.78. The molecule has 1 aliphatic rings. The van der Waals surface area contributed by atoms with E-state index in [0.29, 0.717) is 6.54 Å². The van der Waals surface area contributed by atoms with Gasteiger partial charge in [-0.05, 0) is 32.9 Å². The average Bonchev–Trinajstić information content (AvgIpc) is 3.03. The number of para-hydroxylation sites is 2. The highest BCUT2D eigenvalue weighted by Gasteiger charge is 2.21. The van der Waals surface area contributed by atoms with Gasteiger partial charge in [0.15, 0.2) is 5.96 Å². The van der Waals surface area contributed by atoms with Crippen molar-refractivity contribution >= 4 is 23.0 Å². The van der Waals surface area contributed by atoms with Crippen LogP contribution >= 0.6 is 11.3 Å². The number of piperazine rings is 1. The van der Waals surface area contributed by atoms with Gasteiger partial charge in [0.1, 0.15) is 10.8 Å². The summed E-state index contributed by atoms with van der Waals surface area (Å²) in [7, 11) is 1.73. The Bertz CT molecular complexity index is 761. The number of nitrogens with one attached hydrogen (secondary N) is 1. The lowest BCUT2D eigenvalue weighted by molar-refractivity contribution is 0.367. The molecule has 0 spiro atoms. The quantitative estimate of drug-likeness (QED) is 0.631. The minimum atomic E-state index is 0.633. The van der Waals surface area contributed by atoms with Gasteiger partial charge in [0.05, 0.1) is 25.0 Å². The van der Waals surface area contributed by atoms with E-state index in [4.69, 9.17) is 9.73 Å². The van der Waals surface area contributed by atoms with Crippen molar-refractivity contribution in [3.63, 3.8) is 0 Å². The Morgan fingerprint density at radius 1 is 1.22 bits per heavy atom. The highest BCUT2D eigenvalue weighted by molar-refractivity contribution is 7.11. The topological polar surface area (TPSA) is 53.0 Å². The number of aromatic nitrogens is 1. The fourth-order valence-electron chi connectivity index (χ4n) is 3.23. The molecule has 7 heteroatoms. The number of rotatable bonds is 5. The van der Waals surface area contributed by atoms with E-state index in [1.807, 2.05) is 12.1 Å². The molecule has 0 saturated carbocycles. The molecule has 0 aliphatic carbocycles. The van der Waals surface area contributed by atoms with Crippen LogP contribution in [0.4, 0.5) is 5.69 Å². The van der Waals surface area contributed by atoms with Gasteiger partial charge in [-0.3, -0.25) is 0 Å². The van der Waals surface area contributed by atoms with Crippen LogP contribution < -0.4 is 15.0 Å². The first-order valence-corrected chi connectivity index (χ1v) is 10.3. The van der Waals surface area contributed by atoms with Gasteiger partial charge in [-0.2, -0.15) is 0 Å². The minimum absolute atomic E-state index is 0.633. The zero-order valence-corrected chi connectivity index (χ0v) is 17.5. The summed E-state index contributed by atoms with van der Waals surface area (Å²) in [4.78, 5) is 15.4. The van der Waals surface area contributed by atoms with Gasteiger partial charge in [-0.1, -0.05) is 12.1 Å². The summed E-state index contributed by atoms with van der Waals surface area (Å²) in [6.07, 6.45) is 0. The first-order chi connectivity index (χ1) is 13.1. The van der Waals surface area contributed by atoms with Crippen LogP contribution in [0.15, 0.2) is 29.3 Å². The molecule has 2 heterocycles. The van der Waals surface area contributed by atoms with Crippen molar-refractivity contribution < 1.29 is 4.74 Å². The third kappa shape index (κ3) is 4.71. The number of aryl methyl sites for hydroxylation is 2. The fraction of sp³-hybridized carbons (Fsp3) is 0.500. The Morgan fingerprint density at radius 3 is 2.59 bits per heavy atom. The molecular formula is C20H29N5OS. The van der Waals surface area contributed by atoms with Gasteiger partial charge in [-0.15, -0.1) is 11.3 Å². The molecule has 1 N–H and O–H groups in total. The Balaban J connectivity index is 1.65. The Kier molecular flexibility index (Phi) is 6.55. The Morgan fingerprint density at radius 2 is 1.96 bits per heavy atom. The number of aliphatic imine (C=N–C) groups is 1. The molecule has 0 bridgehead atoms. The van der Waals surface area contributed by atoms with E-state index in [1.54, 1.807) is 18.4 Å². The van der Waals surface area contributed by atoms with Gasteiger partial charge >= 0.3 is 0 Å². The second-order valence-corrected chi connectivity index (χ2v) is 7.85. The van der Waals surface area contributed by atoms with Crippen LogP contribution in [0.25, 0.3) is 0 Å². The van der Waals surface area contributed by atoms with Crippen LogP contribution in [0.1, 0.15) is 22.5 Å². The van der Waals surface area contributed by atoms with E-state index < -0.39 is 0 Å². The van der Waals surface area contributed by atoms with E-state index in [9.17, 15) is 0 Å². The summed E-state index contributed by atoms with van der Waals surface area (Å²) < 4.78 is 5.51. The van der Waals surface area contributed by atoms with Crippen LogP contribution in [-0.4, -0.2) is 55.7 Å². The maximum Gasteiger partial charge on any atom is 0.194 e. The number of nitrogens with zero attached hydrogens (tertiary/aromatic N) is 4. The van der Waals surface area contributed by atoms with Crippen molar-refractivity contribution in [1.29, 1.82) is 0 Å². The van der Waals surface area contributed by atoms with Crippen molar-refractivity contribution in [2.75, 3.05) is 44.7 Å². The second-order valence-electron chi connectivity index (χ2n) is 6.57. The molecular weight excluding hydrogens is 358 g/mol. The molecule has 1 aliphatic heterocycles. The van der Waals surface area contributed by atoms with Gasteiger partial charge < -0.3 is 19.9 Å². The Hall–Kier alpha value is -2.28. The number of ether oxygens (including phenoxy) is 1. The lowest BCUT2D eigenvalue weighted by atomic mass is 10.2. The number of hydrogen-bond acceptors (Lipinski definition) is 5. The molecule has 6 nitrogen and oxygen atoms in total. The second kappa shape index (κ2) is 9.08. The minimum Gasteiger partial charge on any atom is -0.495 e. The number of anilines is 1. The van der Waals surface area contributed by atoms with Gasteiger partial charge in [-0.25, -0.2) is 9.98 Å². The zero-order valence-electron chi connectivity index (χ0n) is 16.7. The zero-order chi connectivity index (χ0) is 19.2. The summed E-state index contributed by atoms with van der Waals surface area (Å²) >= 11 is 1.74. The highest BCUT2D eigenvalue weighted by atomic mass is 32.1. The predicted octanol–water partition coefficient (Wildman–Crippen LogP) is 3.06. The normalized spacial score (nSPS) is 15.2. The predicted molar refractivity (Wildman–Crippen MR) is 113 cm³/mol. The number of methoxy groups -OCH3 is 1. The first-order valence-electron chi connectivity index (χ1n) is 9.46. The molecule has 0 unspecified atom stereocenters. The molecule has 1 aromatic heterocycles. The van der Waals surface area contributed by atoms with E-state index in [1.165, 1.54) is 4.88 Å². The highest BCUT2D eigenvalue weighted by Crippen LogP contribution is 2.28. The van der Waals surface area contributed by atoms with Gasteiger partial charge in [0, 0.05) is 37.6 Å². The lowest BCUT2D eigenvalue weighted by Gasteiger charge is -2.38. The van der Waals surface area contributed by atoms with Crippen molar-refractivity contribution in [3.8, 4) is 5.75 Å².